The minimum Gasteiger partial charge on any atom is -0.451 e. The SMILES string of the molecule is Fc1cccc(CSc2ncnc3c2oc2ccccc23)c1F. The lowest BCUT2D eigenvalue weighted by Gasteiger charge is -2.03. The molecule has 0 bridgehead atoms. The molecule has 2 heterocycles. The fraction of sp³-hybridized carbons (Fsp3) is 0.0588. The Kier molecular flexibility index (Phi) is 3.46. The predicted molar refractivity (Wildman–Crippen MR) is 85.2 cm³/mol. The van der Waals surface area contributed by atoms with Crippen LogP contribution < -0.4 is 0 Å². The van der Waals surface area contributed by atoms with Gasteiger partial charge in [-0.05, 0) is 18.2 Å². The lowest BCUT2D eigenvalue weighted by Crippen LogP contribution is -1.92. The van der Waals surface area contributed by atoms with E-state index < -0.39 is 11.6 Å². The lowest BCUT2D eigenvalue weighted by atomic mass is 10.2. The van der Waals surface area contributed by atoms with E-state index in [1.807, 2.05) is 24.3 Å². The van der Waals surface area contributed by atoms with Crippen LogP contribution in [0.15, 0.2) is 58.2 Å². The van der Waals surface area contributed by atoms with Gasteiger partial charge in [0.2, 0.25) is 0 Å². The Morgan fingerprint density at radius 3 is 2.78 bits per heavy atom. The Labute approximate surface area is 134 Å². The van der Waals surface area contributed by atoms with Crippen LogP contribution in [0.2, 0.25) is 0 Å². The number of rotatable bonds is 3. The molecule has 114 valence electrons. The third-order valence-corrected chi connectivity index (χ3v) is 4.54. The van der Waals surface area contributed by atoms with Crippen molar-refractivity contribution in [3.05, 3.63) is 66.0 Å². The highest BCUT2D eigenvalue weighted by Gasteiger charge is 2.14. The van der Waals surface area contributed by atoms with E-state index in [0.717, 1.165) is 22.6 Å². The van der Waals surface area contributed by atoms with Crippen molar-refractivity contribution in [3.63, 3.8) is 0 Å². The second-order valence-corrected chi connectivity index (χ2v) is 5.92. The van der Waals surface area contributed by atoms with Crippen LogP contribution in [0.25, 0.3) is 22.1 Å². The fourth-order valence-electron chi connectivity index (χ4n) is 2.41. The zero-order valence-corrected chi connectivity index (χ0v) is 12.6. The van der Waals surface area contributed by atoms with E-state index in [1.165, 1.54) is 24.2 Å². The van der Waals surface area contributed by atoms with Gasteiger partial charge in [0.1, 0.15) is 22.5 Å². The second-order valence-electron chi connectivity index (χ2n) is 4.96. The molecule has 0 fully saturated rings. The van der Waals surface area contributed by atoms with Crippen molar-refractivity contribution in [3.8, 4) is 0 Å². The lowest BCUT2D eigenvalue weighted by molar-refractivity contribution is 0.502. The molecule has 0 saturated carbocycles. The summed E-state index contributed by atoms with van der Waals surface area (Å²) in [6.07, 6.45) is 1.45. The van der Waals surface area contributed by atoms with Gasteiger partial charge < -0.3 is 4.42 Å². The first-order chi connectivity index (χ1) is 11.2. The summed E-state index contributed by atoms with van der Waals surface area (Å²) in [6, 6.07) is 11.7. The molecular formula is C17H10F2N2OS. The summed E-state index contributed by atoms with van der Waals surface area (Å²) in [4.78, 5) is 8.48. The molecule has 23 heavy (non-hydrogen) atoms. The highest BCUT2D eigenvalue weighted by molar-refractivity contribution is 7.98. The van der Waals surface area contributed by atoms with Gasteiger partial charge in [-0.2, -0.15) is 0 Å². The molecule has 0 aliphatic heterocycles. The predicted octanol–water partition coefficient (Wildman–Crippen LogP) is 4.95. The van der Waals surface area contributed by atoms with E-state index in [-0.39, 0.29) is 11.3 Å². The van der Waals surface area contributed by atoms with Crippen molar-refractivity contribution in [1.29, 1.82) is 0 Å². The molecule has 0 amide bonds. The smallest absolute Gasteiger partial charge is 0.186 e. The number of hydrogen-bond donors (Lipinski definition) is 0. The van der Waals surface area contributed by atoms with E-state index in [9.17, 15) is 8.78 Å². The van der Waals surface area contributed by atoms with Gasteiger partial charge in [0.05, 0.1) is 0 Å². The molecule has 2 aromatic carbocycles. The number of para-hydroxylation sites is 1. The molecule has 0 atom stereocenters. The Morgan fingerprint density at radius 1 is 1.00 bits per heavy atom. The summed E-state index contributed by atoms with van der Waals surface area (Å²) < 4.78 is 32.8. The monoisotopic (exact) mass is 328 g/mol. The molecule has 0 aliphatic carbocycles. The summed E-state index contributed by atoms with van der Waals surface area (Å²) >= 11 is 1.29. The van der Waals surface area contributed by atoms with Gasteiger partial charge in [0.15, 0.2) is 17.2 Å². The molecular weight excluding hydrogens is 318 g/mol. The molecule has 4 aromatic rings. The summed E-state index contributed by atoms with van der Waals surface area (Å²) in [6.45, 7) is 0. The number of fused-ring (bicyclic) bond motifs is 3. The van der Waals surface area contributed by atoms with E-state index in [4.69, 9.17) is 4.42 Å². The van der Waals surface area contributed by atoms with Crippen molar-refractivity contribution >= 4 is 33.8 Å². The first-order valence-corrected chi connectivity index (χ1v) is 7.90. The zero-order valence-electron chi connectivity index (χ0n) is 11.8. The maximum atomic E-state index is 13.7. The summed E-state index contributed by atoms with van der Waals surface area (Å²) in [5.74, 6) is -1.41. The molecule has 6 heteroatoms. The van der Waals surface area contributed by atoms with Crippen LogP contribution in [0.4, 0.5) is 8.78 Å². The van der Waals surface area contributed by atoms with Crippen molar-refractivity contribution in [2.75, 3.05) is 0 Å². The van der Waals surface area contributed by atoms with E-state index in [1.54, 1.807) is 6.07 Å². The molecule has 0 spiro atoms. The third kappa shape index (κ3) is 2.45. The Bertz CT molecular complexity index is 1020. The van der Waals surface area contributed by atoms with Crippen molar-refractivity contribution in [1.82, 2.24) is 9.97 Å². The van der Waals surface area contributed by atoms with Gasteiger partial charge in [-0.25, -0.2) is 18.7 Å². The molecule has 0 N–H and O–H groups in total. The normalized spacial score (nSPS) is 11.4. The van der Waals surface area contributed by atoms with E-state index in [0.29, 0.717) is 10.6 Å². The third-order valence-electron chi connectivity index (χ3n) is 3.52. The number of aromatic nitrogens is 2. The van der Waals surface area contributed by atoms with Crippen LogP contribution in [-0.4, -0.2) is 9.97 Å². The molecule has 0 aliphatic rings. The standard InChI is InChI=1S/C17H10F2N2OS/c18-12-6-3-4-10(14(12)19)8-23-17-16-15(20-9-21-17)11-5-1-2-7-13(11)22-16/h1-7,9H,8H2. The first kappa shape index (κ1) is 14.1. The van der Waals surface area contributed by atoms with Crippen molar-refractivity contribution in [2.24, 2.45) is 0 Å². The summed E-state index contributed by atoms with van der Waals surface area (Å²) in [5, 5.41) is 1.51. The van der Waals surface area contributed by atoms with Gasteiger partial charge >= 0.3 is 0 Å². The molecule has 0 saturated heterocycles. The van der Waals surface area contributed by atoms with Crippen LogP contribution in [0.5, 0.6) is 0 Å². The number of benzene rings is 2. The largest absolute Gasteiger partial charge is 0.451 e. The van der Waals surface area contributed by atoms with E-state index in [2.05, 4.69) is 9.97 Å². The molecule has 0 radical (unpaired) electrons. The Balaban J connectivity index is 1.73. The fourth-order valence-corrected chi connectivity index (χ4v) is 3.32. The minimum absolute atomic E-state index is 0.257. The van der Waals surface area contributed by atoms with Gasteiger partial charge in [0, 0.05) is 16.7 Å². The zero-order chi connectivity index (χ0) is 15.8. The second kappa shape index (κ2) is 5.62. The van der Waals surface area contributed by atoms with Crippen LogP contribution in [0.3, 0.4) is 0 Å². The first-order valence-electron chi connectivity index (χ1n) is 6.92. The van der Waals surface area contributed by atoms with Gasteiger partial charge in [-0.3, -0.25) is 0 Å². The highest BCUT2D eigenvalue weighted by Crippen LogP contribution is 2.34. The summed E-state index contributed by atoms with van der Waals surface area (Å²) in [7, 11) is 0. The average molecular weight is 328 g/mol. The quantitative estimate of drug-likeness (QED) is 0.394. The van der Waals surface area contributed by atoms with Gasteiger partial charge in [-0.15, -0.1) is 0 Å². The number of thioether (sulfide) groups is 1. The number of halogens is 2. The maximum absolute atomic E-state index is 13.7. The van der Waals surface area contributed by atoms with Gasteiger partial charge in [-0.1, -0.05) is 36.0 Å². The van der Waals surface area contributed by atoms with Crippen molar-refractivity contribution in [2.45, 2.75) is 10.8 Å². The number of hydrogen-bond acceptors (Lipinski definition) is 4. The Morgan fingerprint density at radius 2 is 1.87 bits per heavy atom. The number of furan rings is 1. The molecule has 3 nitrogen and oxygen atoms in total. The van der Waals surface area contributed by atoms with Crippen molar-refractivity contribution < 1.29 is 13.2 Å². The number of nitrogens with zero attached hydrogens (tertiary/aromatic N) is 2. The average Bonchev–Trinajstić information content (AvgIpc) is 2.95. The Hall–Kier alpha value is -2.47. The van der Waals surface area contributed by atoms with E-state index >= 15 is 0 Å². The van der Waals surface area contributed by atoms with Crippen LogP contribution in [0.1, 0.15) is 5.56 Å². The maximum Gasteiger partial charge on any atom is 0.186 e. The van der Waals surface area contributed by atoms with Gasteiger partial charge in [0.25, 0.3) is 0 Å². The molecule has 0 unspecified atom stereocenters. The molecule has 2 aromatic heterocycles. The summed E-state index contributed by atoms with van der Waals surface area (Å²) in [5.41, 5.74) is 2.30. The van der Waals surface area contributed by atoms with Crippen LogP contribution >= 0.6 is 11.8 Å². The molecule has 4 rings (SSSR count). The highest BCUT2D eigenvalue weighted by atomic mass is 32.2. The minimum atomic E-state index is -0.848. The van der Waals surface area contributed by atoms with Crippen LogP contribution in [-0.2, 0) is 5.75 Å². The topological polar surface area (TPSA) is 38.9 Å². The van der Waals surface area contributed by atoms with Crippen LogP contribution in [0, 0.1) is 11.6 Å².